The number of carbonyl (C=O) groups is 1. The van der Waals surface area contributed by atoms with Gasteiger partial charge >= 0.3 is 0 Å². The average Bonchev–Trinajstić information content (AvgIpc) is 2.67. The van der Waals surface area contributed by atoms with Gasteiger partial charge in [0.1, 0.15) is 0 Å². The van der Waals surface area contributed by atoms with Crippen LogP contribution in [0.2, 0.25) is 0 Å². The highest BCUT2D eigenvalue weighted by Gasteiger charge is 2.33. The summed E-state index contributed by atoms with van der Waals surface area (Å²) in [4.78, 5) is 18.5. The average molecular weight is 425 g/mol. The van der Waals surface area contributed by atoms with Crippen molar-refractivity contribution in [2.75, 3.05) is 92.1 Å². The molecule has 0 atom stereocenters. The van der Waals surface area contributed by atoms with Crippen molar-refractivity contribution in [3.05, 3.63) is 0 Å². The van der Waals surface area contributed by atoms with E-state index in [4.69, 9.17) is 0 Å². The molecule has 3 aliphatic heterocycles. The van der Waals surface area contributed by atoms with E-state index in [0.717, 1.165) is 39.3 Å². The van der Waals surface area contributed by atoms with Crippen LogP contribution in [0.5, 0.6) is 0 Å². The van der Waals surface area contributed by atoms with E-state index in [-0.39, 0.29) is 18.3 Å². The Hall–Kier alpha value is -0.490. The molecule has 3 aliphatic rings. The smallest absolute Gasteiger partial charge is 0.282 e. The summed E-state index contributed by atoms with van der Waals surface area (Å²) in [6.07, 6.45) is 0.519. The zero-order valence-corrected chi connectivity index (χ0v) is 17.8. The lowest BCUT2D eigenvalue weighted by molar-refractivity contribution is -0.132. The van der Waals surface area contributed by atoms with Crippen molar-refractivity contribution in [3.8, 4) is 0 Å². The van der Waals surface area contributed by atoms with Gasteiger partial charge in [-0.3, -0.25) is 4.79 Å². The topological polar surface area (TPSA) is 79.4 Å². The monoisotopic (exact) mass is 424 g/mol. The SMILES string of the molecule is CN1CCN(S(=O)(=O)N2CCN(CCC(=O)N3CCNCC3)CC2)CC1.Cl. The molecule has 158 valence electrons. The van der Waals surface area contributed by atoms with Crippen molar-refractivity contribution < 1.29 is 13.2 Å². The van der Waals surface area contributed by atoms with Crippen LogP contribution in [0.15, 0.2) is 0 Å². The number of amides is 1. The minimum absolute atomic E-state index is 0. The molecule has 1 N–H and O–H groups in total. The van der Waals surface area contributed by atoms with Gasteiger partial charge in [-0.1, -0.05) is 0 Å². The highest BCUT2D eigenvalue weighted by molar-refractivity contribution is 7.86. The van der Waals surface area contributed by atoms with E-state index in [2.05, 4.69) is 15.1 Å². The maximum atomic E-state index is 12.8. The number of rotatable bonds is 5. The summed E-state index contributed by atoms with van der Waals surface area (Å²) in [6, 6.07) is 0. The van der Waals surface area contributed by atoms with Crippen molar-refractivity contribution in [2.45, 2.75) is 6.42 Å². The fourth-order valence-corrected chi connectivity index (χ4v) is 5.27. The van der Waals surface area contributed by atoms with E-state index in [0.29, 0.717) is 52.2 Å². The summed E-state index contributed by atoms with van der Waals surface area (Å²) in [5.41, 5.74) is 0. The molecule has 0 spiro atoms. The molecule has 0 saturated carbocycles. The highest BCUT2D eigenvalue weighted by Crippen LogP contribution is 2.14. The Morgan fingerprint density at radius 2 is 1.37 bits per heavy atom. The van der Waals surface area contributed by atoms with Crippen molar-refractivity contribution in [1.82, 2.24) is 28.6 Å². The van der Waals surface area contributed by atoms with Gasteiger partial charge in [0.2, 0.25) is 5.91 Å². The molecule has 0 bridgehead atoms. The van der Waals surface area contributed by atoms with E-state index in [1.807, 2.05) is 11.9 Å². The summed E-state index contributed by atoms with van der Waals surface area (Å²) >= 11 is 0. The Kier molecular flexibility index (Phi) is 8.72. The molecule has 11 heteroatoms. The molecule has 0 aromatic carbocycles. The van der Waals surface area contributed by atoms with Crippen molar-refractivity contribution >= 4 is 28.5 Å². The summed E-state index contributed by atoms with van der Waals surface area (Å²) in [6.45, 7) is 9.15. The fourth-order valence-electron chi connectivity index (χ4n) is 3.69. The third-order valence-electron chi connectivity index (χ3n) is 5.56. The fraction of sp³-hybridized carbons (Fsp3) is 0.938. The standard InChI is InChI=1S/C16H32N6O3S.ClH/c1-18-8-12-21(13-9-18)26(24,25)22-14-10-19(11-15-22)5-2-16(23)20-6-3-17-4-7-20;/h17H,2-15H2,1H3;1H. The second kappa shape index (κ2) is 10.3. The Morgan fingerprint density at radius 1 is 0.852 bits per heavy atom. The van der Waals surface area contributed by atoms with Crippen LogP contribution in [0.4, 0.5) is 0 Å². The number of likely N-dealkylation sites (N-methyl/N-ethyl adjacent to an activating group) is 1. The minimum Gasteiger partial charge on any atom is -0.340 e. The normalized spacial score (nSPS) is 24.6. The Balaban J connectivity index is 0.00000261. The molecule has 0 aromatic rings. The van der Waals surface area contributed by atoms with Crippen molar-refractivity contribution in [1.29, 1.82) is 0 Å². The molecule has 0 unspecified atom stereocenters. The number of nitrogens with one attached hydrogen (secondary N) is 1. The first-order chi connectivity index (χ1) is 12.5. The molecule has 3 saturated heterocycles. The van der Waals surface area contributed by atoms with Crippen LogP contribution in [0.3, 0.4) is 0 Å². The lowest BCUT2D eigenvalue weighted by Gasteiger charge is -2.39. The maximum absolute atomic E-state index is 12.8. The molecule has 3 fully saturated rings. The van der Waals surface area contributed by atoms with E-state index in [1.165, 1.54) is 0 Å². The van der Waals surface area contributed by atoms with E-state index in [1.54, 1.807) is 8.61 Å². The lowest BCUT2D eigenvalue weighted by atomic mass is 10.2. The first kappa shape index (κ1) is 22.8. The number of piperazine rings is 3. The van der Waals surface area contributed by atoms with Gasteiger partial charge in [0.25, 0.3) is 10.2 Å². The molecule has 3 rings (SSSR count). The highest BCUT2D eigenvalue weighted by atomic mass is 35.5. The van der Waals surface area contributed by atoms with Gasteiger partial charge in [0.15, 0.2) is 0 Å². The molecule has 0 radical (unpaired) electrons. The molecular weight excluding hydrogens is 392 g/mol. The zero-order chi connectivity index (χ0) is 18.6. The number of carbonyl (C=O) groups excluding carboxylic acids is 1. The maximum Gasteiger partial charge on any atom is 0.282 e. The van der Waals surface area contributed by atoms with Crippen LogP contribution in [0.25, 0.3) is 0 Å². The third kappa shape index (κ3) is 5.99. The Morgan fingerprint density at radius 3 is 1.93 bits per heavy atom. The van der Waals surface area contributed by atoms with Gasteiger partial charge < -0.3 is 20.0 Å². The molecule has 9 nitrogen and oxygen atoms in total. The zero-order valence-electron chi connectivity index (χ0n) is 16.2. The first-order valence-electron chi connectivity index (χ1n) is 9.61. The second-order valence-corrected chi connectivity index (χ2v) is 9.26. The number of halogens is 1. The van der Waals surface area contributed by atoms with Gasteiger partial charge in [-0.05, 0) is 7.05 Å². The van der Waals surface area contributed by atoms with Crippen LogP contribution in [0.1, 0.15) is 6.42 Å². The van der Waals surface area contributed by atoms with E-state index in [9.17, 15) is 13.2 Å². The van der Waals surface area contributed by atoms with Crippen LogP contribution >= 0.6 is 12.4 Å². The Bertz CT molecular complexity index is 571. The largest absolute Gasteiger partial charge is 0.340 e. The third-order valence-corrected chi connectivity index (χ3v) is 7.59. The molecular formula is C16H33ClN6O3S. The Labute approximate surface area is 169 Å². The molecule has 3 heterocycles. The summed E-state index contributed by atoms with van der Waals surface area (Å²) in [7, 11) is -1.33. The number of hydrogen-bond donors (Lipinski definition) is 1. The van der Waals surface area contributed by atoms with Crippen molar-refractivity contribution in [2.24, 2.45) is 0 Å². The molecule has 27 heavy (non-hydrogen) atoms. The summed E-state index contributed by atoms with van der Waals surface area (Å²) < 4.78 is 28.8. The molecule has 0 aromatic heterocycles. The molecule has 0 aliphatic carbocycles. The van der Waals surface area contributed by atoms with Gasteiger partial charge in [0.05, 0.1) is 0 Å². The van der Waals surface area contributed by atoms with E-state index < -0.39 is 10.2 Å². The van der Waals surface area contributed by atoms with Gasteiger partial charge in [0, 0.05) is 91.5 Å². The van der Waals surface area contributed by atoms with Gasteiger partial charge in [-0.15, -0.1) is 12.4 Å². The van der Waals surface area contributed by atoms with Crippen LogP contribution in [-0.4, -0.2) is 130 Å². The second-order valence-electron chi connectivity index (χ2n) is 7.33. The predicted molar refractivity (Wildman–Crippen MR) is 107 cm³/mol. The van der Waals surface area contributed by atoms with Crippen LogP contribution < -0.4 is 5.32 Å². The number of hydrogen-bond acceptors (Lipinski definition) is 6. The van der Waals surface area contributed by atoms with Gasteiger partial charge in [-0.25, -0.2) is 0 Å². The first-order valence-corrected chi connectivity index (χ1v) is 11.0. The number of nitrogens with zero attached hydrogens (tertiary/aromatic N) is 5. The van der Waals surface area contributed by atoms with Crippen LogP contribution in [-0.2, 0) is 15.0 Å². The minimum atomic E-state index is -3.35. The lowest BCUT2D eigenvalue weighted by Crippen LogP contribution is -2.56. The predicted octanol–water partition coefficient (Wildman–Crippen LogP) is -1.66. The van der Waals surface area contributed by atoms with E-state index >= 15 is 0 Å². The quantitative estimate of drug-likeness (QED) is 0.569. The summed E-state index contributed by atoms with van der Waals surface area (Å²) in [5.74, 6) is 0.207. The summed E-state index contributed by atoms with van der Waals surface area (Å²) in [5, 5.41) is 3.25. The van der Waals surface area contributed by atoms with Crippen LogP contribution in [0, 0.1) is 0 Å². The van der Waals surface area contributed by atoms with Gasteiger partial charge in [-0.2, -0.15) is 17.0 Å². The van der Waals surface area contributed by atoms with Crippen molar-refractivity contribution in [3.63, 3.8) is 0 Å². The molecule has 1 amide bonds.